The molecular formula is C10H13F3N2S. The van der Waals surface area contributed by atoms with E-state index in [-0.39, 0.29) is 25.4 Å². The predicted molar refractivity (Wildman–Crippen MR) is 57.3 cm³/mol. The van der Waals surface area contributed by atoms with Crippen LogP contribution in [0.5, 0.6) is 0 Å². The Morgan fingerprint density at radius 3 is 2.62 bits per heavy atom. The van der Waals surface area contributed by atoms with Gasteiger partial charge in [-0.15, -0.1) is 11.3 Å². The summed E-state index contributed by atoms with van der Waals surface area (Å²) in [4.78, 5) is 0.908. The van der Waals surface area contributed by atoms with Gasteiger partial charge in [0.15, 0.2) is 0 Å². The molecule has 0 aliphatic heterocycles. The highest BCUT2D eigenvalue weighted by molar-refractivity contribution is 7.10. The van der Waals surface area contributed by atoms with E-state index in [4.69, 9.17) is 5.73 Å². The maximum atomic E-state index is 12.6. The summed E-state index contributed by atoms with van der Waals surface area (Å²) in [7, 11) is 0. The molecule has 1 saturated carbocycles. The predicted octanol–water partition coefficient (Wildman–Crippen LogP) is 2.43. The van der Waals surface area contributed by atoms with E-state index in [9.17, 15) is 13.2 Å². The van der Waals surface area contributed by atoms with Gasteiger partial charge in [0.05, 0.1) is 6.04 Å². The summed E-state index contributed by atoms with van der Waals surface area (Å²) in [5.41, 5.74) is 4.13. The third-order valence-corrected chi connectivity index (χ3v) is 3.87. The lowest BCUT2D eigenvalue weighted by atomic mass is 10.2. The molecule has 6 heteroatoms. The van der Waals surface area contributed by atoms with Gasteiger partial charge in [0.25, 0.3) is 0 Å². The van der Waals surface area contributed by atoms with Gasteiger partial charge in [-0.3, -0.25) is 0 Å². The van der Waals surface area contributed by atoms with Crippen molar-refractivity contribution in [3.8, 4) is 0 Å². The van der Waals surface area contributed by atoms with E-state index in [0.29, 0.717) is 0 Å². The fourth-order valence-electron chi connectivity index (χ4n) is 1.59. The molecule has 0 spiro atoms. The number of nitrogens with one attached hydrogen (secondary N) is 1. The maximum absolute atomic E-state index is 12.6. The number of thiophene rings is 1. The first-order chi connectivity index (χ1) is 7.45. The highest BCUT2D eigenvalue weighted by Gasteiger charge is 2.63. The number of alkyl halides is 3. The highest BCUT2D eigenvalue weighted by atomic mass is 32.1. The Hall–Kier alpha value is -0.590. The molecule has 1 fully saturated rings. The van der Waals surface area contributed by atoms with Crippen LogP contribution in [0.15, 0.2) is 17.5 Å². The Labute approximate surface area is 95.6 Å². The summed E-state index contributed by atoms with van der Waals surface area (Å²) in [6, 6.07) is 3.32. The van der Waals surface area contributed by atoms with Crippen LogP contribution in [0.2, 0.25) is 0 Å². The van der Waals surface area contributed by atoms with Crippen LogP contribution < -0.4 is 11.1 Å². The molecule has 1 unspecified atom stereocenters. The van der Waals surface area contributed by atoms with Gasteiger partial charge in [-0.25, -0.2) is 0 Å². The minimum Gasteiger partial charge on any atom is -0.322 e. The Kier molecular flexibility index (Phi) is 2.98. The molecule has 1 aliphatic carbocycles. The van der Waals surface area contributed by atoms with Gasteiger partial charge >= 0.3 is 6.18 Å². The van der Waals surface area contributed by atoms with E-state index in [1.165, 1.54) is 11.3 Å². The molecule has 1 aromatic heterocycles. The fourth-order valence-corrected chi connectivity index (χ4v) is 2.32. The quantitative estimate of drug-likeness (QED) is 0.861. The molecule has 2 rings (SSSR count). The molecule has 1 aliphatic rings. The van der Waals surface area contributed by atoms with Gasteiger partial charge < -0.3 is 11.1 Å². The average molecular weight is 250 g/mol. The van der Waals surface area contributed by atoms with Crippen molar-refractivity contribution in [2.45, 2.75) is 30.6 Å². The van der Waals surface area contributed by atoms with Crippen molar-refractivity contribution >= 4 is 11.3 Å². The van der Waals surface area contributed by atoms with Crippen LogP contribution in [0.4, 0.5) is 13.2 Å². The third kappa shape index (κ3) is 2.23. The lowest BCUT2D eigenvalue weighted by Crippen LogP contribution is -2.47. The highest BCUT2D eigenvalue weighted by Crippen LogP contribution is 2.48. The molecule has 1 heterocycles. The second kappa shape index (κ2) is 4.01. The zero-order chi connectivity index (χ0) is 11.8. The molecule has 0 aromatic carbocycles. The summed E-state index contributed by atoms with van der Waals surface area (Å²) in [5, 5.41) is 4.42. The topological polar surface area (TPSA) is 38.0 Å². The molecule has 0 radical (unpaired) electrons. The lowest BCUT2D eigenvalue weighted by molar-refractivity contribution is -0.165. The minimum atomic E-state index is -4.16. The van der Waals surface area contributed by atoms with Crippen LogP contribution in [0.25, 0.3) is 0 Å². The molecule has 2 nitrogen and oxygen atoms in total. The van der Waals surface area contributed by atoms with E-state index >= 15 is 0 Å². The van der Waals surface area contributed by atoms with Crippen molar-refractivity contribution in [3.05, 3.63) is 22.4 Å². The zero-order valence-electron chi connectivity index (χ0n) is 8.55. The average Bonchev–Trinajstić information content (AvgIpc) is 2.80. The molecule has 0 saturated heterocycles. The first kappa shape index (κ1) is 11.9. The summed E-state index contributed by atoms with van der Waals surface area (Å²) in [6.07, 6.45) is -3.84. The van der Waals surface area contributed by atoms with Crippen LogP contribution >= 0.6 is 11.3 Å². The van der Waals surface area contributed by atoms with Gasteiger partial charge in [-0.2, -0.15) is 13.2 Å². The van der Waals surface area contributed by atoms with Crippen LogP contribution in [0.1, 0.15) is 23.8 Å². The largest absolute Gasteiger partial charge is 0.406 e. The van der Waals surface area contributed by atoms with Gasteiger partial charge in [-0.1, -0.05) is 6.07 Å². The standard InChI is InChI=1S/C10H13F3N2S/c11-10(12,13)9(3-4-9)15-6-7(14)8-2-1-5-16-8/h1-2,5,7,15H,3-4,6,14H2. The van der Waals surface area contributed by atoms with Crippen LogP contribution in [0, 0.1) is 0 Å². The van der Waals surface area contributed by atoms with Gasteiger partial charge in [0.1, 0.15) is 5.54 Å². The second-order valence-electron chi connectivity index (χ2n) is 4.08. The van der Waals surface area contributed by atoms with E-state index in [1.807, 2.05) is 17.5 Å². The summed E-state index contributed by atoms with van der Waals surface area (Å²) in [6.45, 7) is 0.167. The monoisotopic (exact) mass is 250 g/mol. The van der Waals surface area contributed by atoms with Crippen LogP contribution in [-0.4, -0.2) is 18.3 Å². The van der Waals surface area contributed by atoms with Crippen molar-refractivity contribution < 1.29 is 13.2 Å². The summed E-state index contributed by atoms with van der Waals surface area (Å²) < 4.78 is 37.8. The fraction of sp³-hybridized carbons (Fsp3) is 0.600. The normalized spacial score (nSPS) is 20.8. The Morgan fingerprint density at radius 1 is 1.50 bits per heavy atom. The first-order valence-electron chi connectivity index (χ1n) is 5.05. The van der Waals surface area contributed by atoms with Gasteiger partial charge in [-0.05, 0) is 24.3 Å². The molecule has 16 heavy (non-hydrogen) atoms. The van der Waals surface area contributed by atoms with Crippen LogP contribution in [-0.2, 0) is 0 Å². The smallest absolute Gasteiger partial charge is 0.322 e. The van der Waals surface area contributed by atoms with E-state index < -0.39 is 11.7 Å². The Balaban J connectivity index is 1.89. The van der Waals surface area contributed by atoms with E-state index in [2.05, 4.69) is 5.32 Å². The Morgan fingerprint density at radius 2 is 2.19 bits per heavy atom. The second-order valence-corrected chi connectivity index (χ2v) is 5.06. The van der Waals surface area contributed by atoms with Crippen molar-refractivity contribution in [3.63, 3.8) is 0 Å². The summed E-state index contributed by atoms with van der Waals surface area (Å²) in [5.74, 6) is 0. The number of rotatable bonds is 4. The van der Waals surface area contributed by atoms with E-state index in [1.54, 1.807) is 0 Å². The zero-order valence-corrected chi connectivity index (χ0v) is 9.37. The number of nitrogens with two attached hydrogens (primary N) is 1. The maximum Gasteiger partial charge on any atom is 0.406 e. The van der Waals surface area contributed by atoms with Crippen molar-refractivity contribution in [2.75, 3.05) is 6.54 Å². The molecule has 90 valence electrons. The van der Waals surface area contributed by atoms with Crippen LogP contribution in [0.3, 0.4) is 0 Å². The van der Waals surface area contributed by atoms with Crippen molar-refractivity contribution in [1.29, 1.82) is 0 Å². The molecule has 0 bridgehead atoms. The molecule has 3 N–H and O–H groups in total. The number of hydrogen-bond acceptors (Lipinski definition) is 3. The van der Waals surface area contributed by atoms with E-state index in [0.717, 1.165) is 4.88 Å². The molecule has 0 amide bonds. The molecule has 1 aromatic rings. The van der Waals surface area contributed by atoms with Crippen molar-refractivity contribution in [2.24, 2.45) is 5.73 Å². The summed E-state index contributed by atoms with van der Waals surface area (Å²) >= 11 is 1.46. The SMILES string of the molecule is NC(CNC1(C(F)(F)F)CC1)c1cccs1. The molecule has 1 atom stereocenters. The number of halogens is 3. The lowest BCUT2D eigenvalue weighted by Gasteiger charge is -2.22. The first-order valence-corrected chi connectivity index (χ1v) is 5.93. The Bertz CT molecular complexity index is 343. The number of hydrogen-bond donors (Lipinski definition) is 2. The van der Waals surface area contributed by atoms with Gasteiger partial charge in [0.2, 0.25) is 0 Å². The third-order valence-electron chi connectivity index (χ3n) is 2.86. The van der Waals surface area contributed by atoms with Crippen molar-refractivity contribution in [1.82, 2.24) is 5.32 Å². The van der Waals surface area contributed by atoms with Gasteiger partial charge in [0, 0.05) is 11.4 Å². The molecular weight excluding hydrogens is 237 g/mol. The minimum absolute atomic E-state index is 0.160.